The Bertz CT molecular complexity index is 322. The van der Waals surface area contributed by atoms with Crippen LogP contribution in [0.4, 0.5) is 0 Å². The zero-order chi connectivity index (χ0) is 12.1. The normalized spacial score (nSPS) is 15.1. The highest BCUT2D eigenvalue weighted by Crippen LogP contribution is 2.29. The van der Waals surface area contributed by atoms with Gasteiger partial charge in [-0.05, 0) is 34.7 Å². The van der Waals surface area contributed by atoms with Crippen LogP contribution in [0.25, 0.3) is 0 Å². The topological polar surface area (TPSA) is 43.8 Å². The molecule has 1 rings (SSSR count). The Kier molecular flexibility index (Phi) is 5.49. The fourth-order valence-corrected chi connectivity index (χ4v) is 2.56. The van der Waals surface area contributed by atoms with E-state index in [1.165, 1.54) is 6.42 Å². The van der Waals surface area contributed by atoms with Crippen molar-refractivity contribution in [2.24, 2.45) is 11.7 Å². The van der Waals surface area contributed by atoms with Crippen LogP contribution in [0.1, 0.15) is 51.8 Å². The van der Waals surface area contributed by atoms with E-state index in [-0.39, 0.29) is 6.04 Å². The van der Waals surface area contributed by atoms with Crippen molar-refractivity contribution < 1.29 is 0 Å². The fraction of sp³-hybridized carbons (Fsp3) is 0.750. The number of hydrogen-bond donors (Lipinski definition) is 1. The third-order valence-corrected chi connectivity index (χ3v) is 3.55. The highest BCUT2D eigenvalue weighted by Gasteiger charge is 2.21. The van der Waals surface area contributed by atoms with Crippen LogP contribution in [0.3, 0.4) is 0 Å². The van der Waals surface area contributed by atoms with Crippen LogP contribution in [0, 0.1) is 5.92 Å². The van der Waals surface area contributed by atoms with Crippen molar-refractivity contribution in [1.82, 2.24) is 9.78 Å². The van der Waals surface area contributed by atoms with Crippen molar-refractivity contribution in [3.05, 3.63) is 16.4 Å². The van der Waals surface area contributed by atoms with E-state index in [9.17, 15) is 0 Å². The summed E-state index contributed by atoms with van der Waals surface area (Å²) in [6.45, 7) is 7.50. The van der Waals surface area contributed by atoms with E-state index in [1.807, 2.05) is 10.9 Å². The molecule has 0 aliphatic rings. The van der Waals surface area contributed by atoms with Crippen LogP contribution in [0.5, 0.6) is 0 Å². The highest BCUT2D eigenvalue weighted by atomic mass is 79.9. The Morgan fingerprint density at radius 1 is 1.44 bits per heavy atom. The van der Waals surface area contributed by atoms with Crippen LogP contribution in [0.2, 0.25) is 0 Å². The molecule has 1 heterocycles. The molecule has 4 heteroatoms. The summed E-state index contributed by atoms with van der Waals surface area (Å²) in [6.07, 6.45) is 5.26. The smallest absolute Gasteiger partial charge is 0.0696 e. The molecule has 2 unspecified atom stereocenters. The molecule has 0 aromatic carbocycles. The lowest BCUT2D eigenvalue weighted by Gasteiger charge is -2.21. The van der Waals surface area contributed by atoms with Gasteiger partial charge < -0.3 is 5.73 Å². The van der Waals surface area contributed by atoms with E-state index >= 15 is 0 Å². The molecule has 1 aromatic rings. The van der Waals surface area contributed by atoms with Gasteiger partial charge in [0.15, 0.2) is 0 Å². The minimum absolute atomic E-state index is 0.0726. The molecule has 0 fully saturated rings. The number of halogens is 1. The Balaban J connectivity index is 2.87. The van der Waals surface area contributed by atoms with Crippen molar-refractivity contribution in [1.29, 1.82) is 0 Å². The maximum Gasteiger partial charge on any atom is 0.0696 e. The number of hydrogen-bond acceptors (Lipinski definition) is 2. The number of nitrogens with zero attached hydrogens (tertiary/aromatic N) is 2. The summed E-state index contributed by atoms with van der Waals surface area (Å²) >= 11 is 3.54. The summed E-state index contributed by atoms with van der Waals surface area (Å²) in [5.41, 5.74) is 7.45. The minimum Gasteiger partial charge on any atom is -0.322 e. The second-order valence-electron chi connectivity index (χ2n) is 4.39. The van der Waals surface area contributed by atoms with E-state index in [4.69, 9.17) is 5.73 Å². The molecule has 1 aromatic heterocycles. The molecule has 0 spiro atoms. The monoisotopic (exact) mass is 287 g/mol. The molecule has 0 amide bonds. The maximum atomic E-state index is 6.31. The average Bonchev–Trinajstić information content (AvgIpc) is 2.60. The van der Waals surface area contributed by atoms with E-state index in [0.717, 1.165) is 29.6 Å². The second-order valence-corrected chi connectivity index (χ2v) is 5.25. The van der Waals surface area contributed by atoms with Crippen molar-refractivity contribution in [2.45, 2.75) is 52.6 Å². The average molecular weight is 288 g/mol. The lowest BCUT2D eigenvalue weighted by Crippen LogP contribution is -2.23. The predicted octanol–water partition coefficient (Wildman–Crippen LogP) is 3.49. The van der Waals surface area contributed by atoms with Crippen molar-refractivity contribution in [2.75, 3.05) is 0 Å². The summed E-state index contributed by atoms with van der Waals surface area (Å²) in [5.74, 6) is 0.494. The summed E-state index contributed by atoms with van der Waals surface area (Å²) in [7, 11) is 0. The molecule has 2 atom stereocenters. The second kappa shape index (κ2) is 6.40. The summed E-state index contributed by atoms with van der Waals surface area (Å²) in [5, 5.41) is 4.36. The molecule has 3 nitrogen and oxygen atoms in total. The zero-order valence-corrected chi connectivity index (χ0v) is 12.0. The number of rotatable bonds is 6. The van der Waals surface area contributed by atoms with Gasteiger partial charge in [-0.25, -0.2) is 0 Å². The number of nitrogens with two attached hydrogens (primary N) is 1. The van der Waals surface area contributed by atoms with Crippen molar-refractivity contribution in [3.63, 3.8) is 0 Å². The van der Waals surface area contributed by atoms with Crippen molar-refractivity contribution in [3.8, 4) is 0 Å². The Morgan fingerprint density at radius 3 is 2.69 bits per heavy atom. The van der Waals surface area contributed by atoms with Crippen LogP contribution in [-0.2, 0) is 6.54 Å². The molecule has 92 valence electrons. The van der Waals surface area contributed by atoms with Gasteiger partial charge in [-0.15, -0.1) is 0 Å². The first-order valence-electron chi connectivity index (χ1n) is 6.08. The number of aryl methyl sites for hydroxylation is 1. The third-order valence-electron chi connectivity index (χ3n) is 2.94. The first kappa shape index (κ1) is 13.7. The first-order chi connectivity index (χ1) is 7.61. The third kappa shape index (κ3) is 3.08. The quantitative estimate of drug-likeness (QED) is 0.870. The van der Waals surface area contributed by atoms with E-state index in [0.29, 0.717) is 5.92 Å². The standard InChI is InChI=1S/C12H22BrN3/c1-4-6-9(3)11(14)12-10(13)8-15-16(12)7-5-2/h8-9,11H,4-7,14H2,1-3H3. The number of aromatic nitrogens is 2. The highest BCUT2D eigenvalue weighted by molar-refractivity contribution is 9.10. The fourth-order valence-electron chi connectivity index (χ4n) is 2.00. The molecular formula is C12H22BrN3. The molecule has 0 saturated heterocycles. The van der Waals surface area contributed by atoms with Gasteiger partial charge in [-0.3, -0.25) is 4.68 Å². The molecule has 2 N–H and O–H groups in total. The summed E-state index contributed by atoms with van der Waals surface area (Å²) in [6, 6.07) is 0.0726. The molecule has 0 bridgehead atoms. The SMILES string of the molecule is CCCC(C)C(N)c1c(Br)cnn1CCC. The van der Waals surface area contributed by atoms with Gasteiger partial charge in [-0.2, -0.15) is 5.10 Å². The van der Waals surface area contributed by atoms with Crippen LogP contribution in [-0.4, -0.2) is 9.78 Å². The van der Waals surface area contributed by atoms with Gasteiger partial charge in [0.05, 0.1) is 22.4 Å². The summed E-state index contributed by atoms with van der Waals surface area (Å²) in [4.78, 5) is 0. The molecule has 0 radical (unpaired) electrons. The van der Waals surface area contributed by atoms with Crippen LogP contribution >= 0.6 is 15.9 Å². The zero-order valence-electron chi connectivity index (χ0n) is 10.4. The first-order valence-corrected chi connectivity index (χ1v) is 6.87. The Labute approximate surface area is 107 Å². The molecular weight excluding hydrogens is 266 g/mol. The lowest BCUT2D eigenvalue weighted by molar-refractivity contribution is 0.403. The summed E-state index contributed by atoms with van der Waals surface area (Å²) < 4.78 is 3.07. The van der Waals surface area contributed by atoms with Gasteiger partial charge >= 0.3 is 0 Å². The molecule has 0 saturated carbocycles. The van der Waals surface area contributed by atoms with Gasteiger partial charge in [0.25, 0.3) is 0 Å². The molecule has 0 aliphatic carbocycles. The Hall–Kier alpha value is -0.350. The van der Waals surface area contributed by atoms with Gasteiger partial charge in [0.1, 0.15) is 0 Å². The van der Waals surface area contributed by atoms with Crippen LogP contribution in [0.15, 0.2) is 10.7 Å². The minimum atomic E-state index is 0.0726. The van der Waals surface area contributed by atoms with E-state index < -0.39 is 0 Å². The van der Waals surface area contributed by atoms with E-state index in [2.05, 4.69) is 41.8 Å². The largest absolute Gasteiger partial charge is 0.322 e. The van der Waals surface area contributed by atoms with Gasteiger partial charge in [0, 0.05) is 6.54 Å². The van der Waals surface area contributed by atoms with Gasteiger partial charge in [-0.1, -0.05) is 27.2 Å². The van der Waals surface area contributed by atoms with Crippen molar-refractivity contribution >= 4 is 15.9 Å². The Morgan fingerprint density at radius 2 is 2.12 bits per heavy atom. The van der Waals surface area contributed by atoms with E-state index in [1.54, 1.807) is 0 Å². The lowest BCUT2D eigenvalue weighted by atomic mass is 9.95. The predicted molar refractivity (Wildman–Crippen MR) is 71.2 cm³/mol. The molecule has 16 heavy (non-hydrogen) atoms. The molecule has 0 aliphatic heterocycles. The van der Waals surface area contributed by atoms with Gasteiger partial charge in [0.2, 0.25) is 0 Å². The maximum absolute atomic E-state index is 6.31. The van der Waals surface area contributed by atoms with Crippen LogP contribution < -0.4 is 5.73 Å².